The molecule has 0 amide bonds. The number of allylic oxidation sites excluding steroid dienone is 1. The van der Waals surface area contributed by atoms with Gasteiger partial charge in [-0.25, -0.2) is 0 Å². The molecule has 29 heavy (non-hydrogen) atoms. The second kappa shape index (κ2) is 6.78. The Labute approximate surface area is 191 Å². The minimum absolute atomic E-state index is 0.509. The van der Waals surface area contributed by atoms with Gasteiger partial charge in [0.05, 0.1) is 0 Å². The third-order valence-corrected chi connectivity index (χ3v) is 10.2. The SMILES string of the molecule is CC(C)C1=Cc2c(-c3ccc(C45CC6CC(CC(C6)C4)C5)cc3)cccc2[CH]1[Zr]. The van der Waals surface area contributed by atoms with E-state index in [0.717, 1.165) is 17.8 Å². The molecule has 0 saturated heterocycles. The van der Waals surface area contributed by atoms with Gasteiger partial charge in [0, 0.05) is 0 Å². The molecule has 1 heteroatoms. The standard InChI is InChI=1S/C28H31.Zr/c1-18(2)24-13-23-4-3-5-26(27(23)14-24)22-6-8-25(9-7-22)28-15-19-10-20(16-28)12-21(11-19)17-28;/h3-9,13-14,18-21H,10-12,15-17H2,1-2H3;. The van der Waals surface area contributed by atoms with E-state index in [1.807, 2.05) is 0 Å². The topological polar surface area (TPSA) is 0 Å². The van der Waals surface area contributed by atoms with Gasteiger partial charge in [-0.2, -0.15) is 0 Å². The van der Waals surface area contributed by atoms with Crippen molar-refractivity contribution in [3.8, 4) is 11.1 Å². The minimum atomic E-state index is 0.509. The summed E-state index contributed by atoms with van der Waals surface area (Å²) < 4.78 is 0.642. The van der Waals surface area contributed by atoms with Crippen molar-refractivity contribution >= 4 is 6.08 Å². The predicted molar refractivity (Wildman–Crippen MR) is 117 cm³/mol. The molecule has 4 fully saturated rings. The van der Waals surface area contributed by atoms with Crippen LogP contribution in [0.3, 0.4) is 0 Å². The van der Waals surface area contributed by atoms with E-state index in [9.17, 15) is 0 Å². The molecule has 0 nitrogen and oxygen atoms in total. The van der Waals surface area contributed by atoms with Crippen LogP contribution in [0.25, 0.3) is 17.2 Å². The van der Waals surface area contributed by atoms with Crippen molar-refractivity contribution in [3.05, 3.63) is 64.7 Å². The molecule has 5 aliphatic carbocycles. The van der Waals surface area contributed by atoms with Crippen molar-refractivity contribution < 1.29 is 24.7 Å². The maximum atomic E-state index is 2.50. The molecule has 4 saturated carbocycles. The number of hydrogen-bond donors (Lipinski definition) is 0. The quantitative estimate of drug-likeness (QED) is 0.448. The zero-order valence-electron chi connectivity index (χ0n) is 17.7. The van der Waals surface area contributed by atoms with Gasteiger partial charge in [0.2, 0.25) is 0 Å². The molecule has 5 aliphatic rings. The molecule has 2 aromatic rings. The first-order chi connectivity index (χ1) is 14.0. The number of hydrogen-bond acceptors (Lipinski definition) is 0. The van der Waals surface area contributed by atoms with Crippen LogP contribution in [-0.2, 0) is 30.1 Å². The Morgan fingerprint density at radius 1 is 0.862 bits per heavy atom. The molecule has 0 radical (unpaired) electrons. The first-order valence-corrected chi connectivity index (χ1v) is 13.1. The summed E-state index contributed by atoms with van der Waals surface area (Å²) >= 11 is 1.62. The van der Waals surface area contributed by atoms with Crippen LogP contribution in [0.1, 0.15) is 72.7 Å². The van der Waals surface area contributed by atoms with Crippen molar-refractivity contribution in [2.75, 3.05) is 0 Å². The Morgan fingerprint density at radius 3 is 2.07 bits per heavy atom. The van der Waals surface area contributed by atoms with Crippen LogP contribution in [0.2, 0.25) is 0 Å². The van der Waals surface area contributed by atoms with Crippen molar-refractivity contribution in [2.45, 2.75) is 61.4 Å². The van der Waals surface area contributed by atoms with Crippen LogP contribution in [-0.4, -0.2) is 0 Å². The Balaban J connectivity index is 1.36. The van der Waals surface area contributed by atoms with E-state index >= 15 is 0 Å². The van der Waals surface area contributed by atoms with Crippen molar-refractivity contribution in [1.82, 2.24) is 0 Å². The summed E-state index contributed by atoms with van der Waals surface area (Å²) in [6.45, 7) is 4.68. The molecule has 1 unspecified atom stereocenters. The average molecular weight is 459 g/mol. The summed E-state index contributed by atoms with van der Waals surface area (Å²) in [6.07, 6.45) is 11.5. The van der Waals surface area contributed by atoms with E-state index < -0.39 is 0 Å². The summed E-state index contributed by atoms with van der Waals surface area (Å²) in [5, 5.41) is 0. The van der Waals surface area contributed by atoms with Crippen LogP contribution >= 0.6 is 0 Å². The van der Waals surface area contributed by atoms with Crippen molar-refractivity contribution in [2.24, 2.45) is 23.7 Å². The van der Waals surface area contributed by atoms with Crippen LogP contribution < -0.4 is 0 Å². The second-order valence-corrected chi connectivity index (χ2v) is 12.2. The van der Waals surface area contributed by atoms with Crippen molar-refractivity contribution in [3.63, 3.8) is 0 Å². The fraction of sp³-hybridized carbons (Fsp3) is 0.500. The van der Waals surface area contributed by atoms with Crippen molar-refractivity contribution in [1.29, 1.82) is 0 Å². The molecular formula is C28H31Zr. The fourth-order valence-corrected chi connectivity index (χ4v) is 9.29. The zero-order chi connectivity index (χ0) is 19.8. The van der Waals surface area contributed by atoms with E-state index in [2.05, 4.69) is 62.4 Å². The zero-order valence-corrected chi connectivity index (χ0v) is 20.2. The van der Waals surface area contributed by atoms with E-state index in [0.29, 0.717) is 15.0 Å². The molecule has 7 rings (SSSR count). The number of benzene rings is 2. The Bertz CT molecular complexity index is 943. The normalized spacial score (nSPS) is 34.5. The monoisotopic (exact) mass is 457 g/mol. The van der Waals surface area contributed by atoms with Crippen LogP contribution in [0, 0.1) is 23.7 Å². The molecule has 0 spiro atoms. The predicted octanol–water partition coefficient (Wildman–Crippen LogP) is 7.46. The third kappa shape index (κ3) is 2.94. The summed E-state index contributed by atoms with van der Waals surface area (Å²) in [4.78, 5) is 0. The van der Waals surface area contributed by atoms with E-state index in [4.69, 9.17) is 0 Å². The van der Waals surface area contributed by atoms with Gasteiger partial charge in [0.1, 0.15) is 0 Å². The first kappa shape index (κ1) is 18.8. The summed E-state index contributed by atoms with van der Waals surface area (Å²) in [5.41, 5.74) is 9.65. The van der Waals surface area contributed by atoms with Crippen LogP contribution in [0.5, 0.6) is 0 Å². The average Bonchev–Trinajstić information content (AvgIpc) is 3.04. The molecule has 0 aliphatic heterocycles. The molecule has 2 aromatic carbocycles. The van der Waals surface area contributed by atoms with Gasteiger partial charge < -0.3 is 0 Å². The van der Waals surface area contributed by atoms with Crippen LogP contribution in [0.4, 0.5) is 0 Å². The molecule has 147 valence electrons. The maximum absolute atomic E-state index is 2.50. The van der Waals surface area contributed by atoms with E-state index in [-0.39, 0.29) is 0 Å². The molecule has 4 bridgehead atoms. The third-order valence-electron chi connectivity index (χ3n) is 8.61. The van der Waals surface area contributed by atoms with Gasteiger partial charge >= 0.3 is 192 Å². The van der Waals surface area contributed by atoms with Gasteiger partial charge in [-0.1, -0.05) is 0 Å². The Morgan fingerprint density at radius 2 is 1.48 bits per heavy atom. The number of fused-ring (bicyclic) bond motifs is 1. The Kier molecular flexibility index (Phi) is 4.40. The molecular weight excluding hydrogens is 428 g/mol. The molecule has 0 heterocycles. The summed E-state index contributed by atoms with van der Waals surface area (Å²) in [5.74, 6) is 3.68. The first-order valence-electron chi connectivity index (χ1n) is 11.7. The second-order valence-electron chi connectivity index (χ2n) is 10.8. The summed E-state index contributed by atoms with van der Waals surface area (Å²) in [7, 11) is 0. The molecule has 0 aromatic heterocycles. The van der Waals surface area contributed by atoms with Gasteiger partial charge in [-0.15, -0.1) is 0 Å². The van der Waals surface area contributed by atoms with E-state index in [1.165, 1.54) is 55.2 Å². The van der Waals surface area contributed by atoms with Gasteiger partial charge in [-0.05, 0) is 0 Å². The van der Waals surface area contributed by atoms with E-state index in [1.54, 1.807) is 41.4 Å². The van der Waals surface area contributed by atoms with Gasteiger partial charge in [0.25, 0.3) is 0 Å². The molecule has 0 N–H and O–H groups in total. The molecule has 1 atom stereocenters. The Hall–Kier alpha value is -0.937. The number of rotatable bonds is 3. The summed E-state index contributed by atoms with van der Waals surface area (Å²) in [6, 6.07) is 16.8. The fourth-order valence-electron chi connectivity index (χ4n) is 7.64. The van der Waals surface area contributed by atoms with Crippen LogP contribution in [0.15, 0.2) is 48.0 Å². The van der Waals surface area contributed by atoms with Gasteiger partial charge in [0.15, 0.2) is 0 Å². The van der Waals surface area contributed by atoms with Gasteiger partial charge in [-0.3, -0.25) is 0 Å².